The highest BCUT2D eigenvalue weighted by atomic mass is 79.9. The zero-order valence-corrected chi connectivity index (χ0v) is 14.7. The Morgan fingerprint density at radius 3 is 2.62 bits per heavy atom. The lowest BCUT2D eigenvalue weighted by Gasteiger charge is -2.10. The molecular weight excluding hydrogens is 356 g/mol. The number of carbonyl (C=O) groups is 1. The maximum atomic E-state index is 11.5. The van der Waals surface area contributed by atoms with Crippen molar-refractivity contribution in [3.63, 3.8) is 0 Å². The minimum absolute atomic E-state index is 0. The molecule has 0 bridgehead atoms. The van der Waals surface area contributed by atoms with Gasteiger partial charge in [-0.15, -0.1) is 12.4 Å². The highest BCUT2D eigenvalue weighted by Gasteiger charge is 2.04. The molecule has 0 saturated carbocycles. The summed E-state index contributed by atoms with van der Waals surface area (Å²) >= 11 is 3.38. The Kier molecular flexibility index (Phi) is 11.4. The van der Waals surface area contributed by atoms with Gasteiger partial charge in [0.25, 0.3) is 0 Å². The van der Waals surface area contributed by atoms with Gasteiger partial charge < -0.3 is 15.8 Å². The summed E-state index contributed by atoms with van der Waals surface area (Å²) in [5, 5.41) is 2.88. The predicted octanol–water partition coefficient (Wildman–Crippen LogP) is 3.13. The molecule has 120 valence electrons. The van der Waals surface area contributed by atoms with Gasteiger partial charge in [0.15, 0.2) is 0 Å². The quantitative estimate of drug-likeness (QED) is 0.648. The first-order valence-corrected chi connectivity index (χ1v) is 7.76. The van der Waals surface area contributed by atoms with E-state index in [1.165, 1.54) is 0 Å². The van der Waals surface area contributed by atoms with E-state index in [0.29, 0.717) is 32.0 Å². The Bertz CT molecular complexity index is 401. The number of nitrogens with one attached hydrogen (secondary N) is 1. The summed E-state index contributed by atoms with van der Waals surface area (Å²) in [4.78, 5) is 11.5. The first kappa shape index (κ1) is 20.2. The van der Waals surface area contributed by atoms with Crippen LogP contribution in [0.3, 0.4) is 0 Å². The van der Waals surface area contributed by atoms with E-state index < -0.39 is 0 Å². The van der Waals surface area contributed by atoms with E-state index in [2.05, 4.69) is 21.2 Å². The first-order valence-electron chi connectivity index (χ1n) is 6.97. The van der Waals surface area contributed by atoms with Crippen molar-refractivity contribution >= 4 is 34.2 Å². The second-order valence-corrected chi connectivity index (χ2v) is 5.82. The molecule has 3 N–H and O–H groups in total. The van der Waals surface area contributed by atoms with Crippen LogP contribution in [0.15, 0.2) is 28.7 Å². The maximum absolute atomic E-state index is 11.5. The summed E-state index contributed by atoms with van der Waals surface area (Å²) in [5.74, 6) is 1.28. The molecular formula is C15H24BrClN2O2. The third-order valence-electron chi connectivity index (χ3n) is 2.93. The van der Waals surface area contributed by atoms with Crippen LogP contribution in [0.5, 0.6) is 5.75 Å². The van der Waals surface area contributed by atoms with Gasteiger partial charge >= 0.3 is 0 Å². The number of hydrogen-bond acceptors (Lipinski definition) is 3. The molecule has 0 aliphatic heterocycles. The van der Waals surface area contributed by atoms with Crippen LogP contribution in [0.25, 0.3) is 0 Å². The number of ether oxygens (including phenoxy) is 1. The van der Waals surface area contributed by atoms with Crippen LogP contribution in [0.2, 0.25) is 0 Å². The molecule has 1 aromatic rings. The molecule has 1 atom stereocenters. The number of benzene rings is 1. The Labute approximate surface area is 141 Å². The number of unbranched alkanes of at least 4 members (excludes halogenated alkanes) is 1. The minimum Gasteiger partial charge on any atom is -0.494 e. The van der Waals surface area contributed by atoms with Crippen LogP contribution in [0.4, 0.5) is 0 Å². The van der Waals surface area contributed by atoms with Gasteiger partial charge in [-0.25, -0.2) is 0 Å². The van der Waals surface area contributed by atoms with Gasteiger partial charge in [-0.05, 0) is 49.6 Å². The molecule has 0 spiro atoms. The molecule has 1 amide bonds. The molecule has 21 heavy (non-hydrogen) atoms. The highest BCUT2D eigenvalue weighted by molar-refractivity contribution is 9.10. The van der Waals surface area contributed by atoms with E-state index in [-0.39, 0.29) is 18.3 Å². The fraction of sp³-hybridized carbons (Fsp3) is 0.533. The molecule has 1 unspecified atom stereocenters. The Balaban J connectivity index is 0.00000400. The number of hydrogen-bond donors (Lipinski definition) is 2. The zero-order chi connectivity index (χ0) is 14.8. The van der Waals surface area contributed by atoms with Crippen molar-refractivity contribution in [1.29, 1.82) is 0 Å². The molecule has 0 aliphatic rings. The predicted molar refractivity (Wildman–Crippen MR) is 92.0 cm³/mol. The molecule has 1 rings (SSSR count). The summed E-state index contributed by atoms with van der Waals surface area (Å²) in [6.07, 6.45) is 2.25. The molecule has 0 saturated heterocycles. The van der Waals surface area contributed by atoms with E-state index in [0.717, 1.165) is 23.1 Å². The average Bonchev–Trinajstić information content (AvgIpc) is 2.46. The number of carbonyl (C=O) groups excluding carboxylic acids is 1. The third-order valence-corrected chi connectivity index (χ3v) is 3.46. The lowest BCUT2D eigenvalue weighted by Crippen LogP contribution is -2.31. The van der Waals surface area contributed by atoms with Crippen molar-refractivity contribution in [2.75, 3.05) is 19.7 Å². The Morgan fingerprint density at radius 1 is 1.33 bits per heavy atom. The van der Waals surface area contributed by atoms with E-state index >= 15 is 0 Å². The second kappa shape index (κ2) is 11.8. The lowest BCUT2D eigenvalue weighted by atomic mass is 10.2. The molecule has 0 heterocycles. The molecule has 0 aliphatic carbocycles. The average molecular weight is 380 g/mol. The monoisotopic (exact) mass is 378 g/mol. The van der Waals surface area contributed by atoms with Gasteiger partial charge in [0.2, 0.25) is 5.91 Å². The molecule has 4 nitrogen and oxygen atoms in total. The number of halogens is 2. The van der Waals surface area contributed by atoms with E-state index in [4.69, 9.17) is 10.5 Å². The number of amides is 1. The fourth-order valence-electron chi connectivity index (χ4n) is 1.57. The van der Waals surface area contributed by atoms with Gasteiger partial charge in [-0.3, -0.25) is 4.79 Å². The Hall–Kier alpha value is -0.780. The van der Waals surface area contributed by atoms with Gasteiger partial charge in [0.1, 0.15) is 5.75 Å². The van der Waals surface area contributed by atoms with E-state index in [9.17, 15) is 4.79 Å². The molecule has 6 heteroatoms. The van der Waals surface area contributed by atoms with Gasteiger partial charge in [-0.1, -0.05) is 22.9 Å². The zero-order valence-electron chi connectivity index (χ0n) is 12.3. The lowest BCUT2D eigenvalue weighted by molar-refractivity contribution is -0.121. The molecule has 0 fully saturated rings. The minimum atomic E-state index is 0. The van der Waals surface area contributed by atoms with Crippen LogP contribution in [0, 0.1) is 5.92 Å². The first-order chi connectivity index (χ1) is 9.61. The molecule has 0 aromatic heterocycles. The summed E-state index contributed by atoms with van der Waals surface area (Å²) in [6, 6.07) is 7.73. The molecule has 1 aromatic carbocycles. The van der Waals surface area contributed by atoms with E-state index in [1.807, 2.05) is 31.2 Å². The highest BCUT2D eigenvalue weighted by Crippen LogP contribution is 2.16. The number of rotatable bonds is 9. The normalized spacial score (nSPS) is 11.4. The summed E-state index contributed by atoms with van der Waals surface area (Å²) in [5.41, 5.74) is 5.49. The van der Waals surface area contributed by atoms with Crippen molar-refractivity contribution in [1.82, 2.24) is 5.32 Å². The summed E-state index contributed by atoms with van der Waals surface area (Å²) in [7, 11) is 0. The summed E-state index contributed by atoms with van der Waals surface area (Å²) < 4.78 is 6.62. The van der Waals surface area contributed by atoms with Crippen molar-refractivity contribution < 1.29 is 9.53 Å². The standard InChI is InChI=1S/C15H23BrN2O2.ClH/c1-12(10-17)11-18-15(19)4-2-3-9-20-14-7-5-13(16)6-8-14;/h5-8,12H,2-4,9-11,17H2,1H3,(H,18,19);1H. The maximum Gasteiger partial charge on any atom is 0.220 e. The molecule has 0 radical (unpaired) electrons. The van der Waals surface area contributed by atoms with Crippen molar-refractivity contribution in [2.24, 2.45) is 11.7 Å². The van der Waals surface area contributed by atoms with Crippen LogP contribution >= 0.6 is 28.3 Å². The number of nitrogens with two attached hydrogens (primary N) is 1. The van der Waals surface area contributed by atoms with Crippen LogP contribution in [-0.2, 0) is 4.79 Å². The van der Waals surface area contributed by atoms with Gasteiger partial charge in [0.05, 0.1) is 6.61 Å². The van der Waals surface area contributed by atoms with Crippen LogP contribution in [0.1, 0.15) is 26.2 Å². The van der Waals surface area contributed by atoms with Crippen molar-refractivity contribution in [3.8, 4) is 5.75 Å². The van der Waals surface area contributed by atoms with E-state index in [1.54, 1.807) is 0 Å². The fourth-order valence-corrected chi connectivity index (χ4v) is 1.83. The van der Waals surface area contributed by atoms with Crippen molar-refractivity contribution in [3.05, 3.63) is 28.7 Å². The van der Waals surface area contributed by atoms with Crippen LogP contribution in [-0.4, -0.2) is 25.6 Å². The summed E-state index contributed by atoms with van der Waals surface area (Å²) in [6.45, 7) is 3.91. The smallest absolute Gasteiger partial charge is 0.220 e. The largest absolute Gasteiger partial charge is 0.494 e. The second-order valence-electron chi connectivity index (χ2n) is 4.90. The van der Waals surface area contributed by atoms with Crippen molar-refractivity contribution in [2.45, 2.75) is 26.2 Å². The topological polar surface area (TPSA) is 64.3 Å². The Morgan fingerprint density at radius 2 is 2.00 bits per heavy atom. The third kappa shape index (κ3) is 9.72. The van der Waals surface area contributed by atoms with Gasteiger partial charge in [0, 0.05) is 17.4 Å². The van der Waals surface area contributed by atoms with Gasteiger partial charge in [-0.2, -0.15) is 0 Å². The SMILES string of the molecule is CC(CN)CNC(=O)CCCCOc1ccc(Br)cc1.Cl. The van der Waals surface area contributed by atoms with Crippen LogP contribution < -0.4 is 15.8 Å².